The maximum Gasteiger partial charge on any atom is 0.573 e. The number of hydrogen-bond acceptors (Lipinski definition) is 4. The van der Waals surface area contributed by atoms with Gasteiger partial charge in [-0.05, 0) is 23.3 Å². The monoisotopic (exact) mass is 408 g/mol. The van der Waals surface area contributed by atoms with Crippen molar-refractivity contribution in [3.63, 3.8) is 0 Å². The van der Waals surface area contributed by atoms with E-state index in [4.69, 9.17) is 10.5 Å². The normalized spacial score (nSPS) is 15.9. The number of nitrogens with one attached hydrogen (secondary N) is 1. The molecule has 29 heavy (non-hydrogen) atoms. The number of halogens is 3. The molecule has 0 radical (unpaired) electrons. The molecule has 3 N–H and O–H groups in total. The van der Waals surface area contributed by atoms with Crippen molar-refractivity contribution < 1.29 is 22.6 Å². The molecule has 0 atom stereocenters. The van der Waals surface area contributed by atoms with Crippen LogP contribution in [0.5, 0.6) is 5.75 Å². The molecule has 1 fully saturated rings. The van der Waals surface area contributed by atoms with E-state index in [-0.39, 0.29) is 17.4 Å². The van der Waals surface area contributed by atoms with E-state index in [1.54, 1.807) is 6.07 Å². The fourth-order valence-electron chi connectivity index (χ4n) is 2.98. The summed E-state index contributed by atoms with van der Waals surface area (Å²) in [5.74, 6) is -0.368. The van der Waals surface area contributed by atoms with Gasteiger partial charge in [-0.2, -0.15) is 0 Å². The predicted octanol–water partition coefficient (Wildman–Crippen LogP) is 3.34. The second-order valence-electron chi connectivity index (χ2n) is 6.58. The summed E-state index contributed by atoms with van der Waals surface area (Å²) < 4.78 is 46.9. The lowest BCUT2D eigenvalue weighted by molar-refractivity contribution is -0.274. The molecule has 2 aromatic carbocycles. The number of ether oxygens (including phenoxy) is 2. The van der Waals surface area contributed by atoms with Crippen LogP contribution in [0, 0.1) is 0 Å². The zero-order valence-corrected chi connectivity index (χ0v) is 15.8. The van der Waals surface area contributed by atoms with Crippen LogP contribution in [0.2, 0.25) is 0 Å². The molecule has 1 saturated heterocycles. The van der Waals surface area contributed by atoms with E-state index in [2.05, 4.69) is 26.0 Å². The molecule has 0 spiro atoms. The zero-order chi connectivity index (χ0) is 20.7. The maximum atomic E-state index is 12.5. The molecule has 2 aromatic rings. The second-order valence-corrected chi connectivity index (χ2v) is 6.58. The molecule has 0 bridgehead atoms. The van der Waals surface area contributed by atoms with Crippen molar-refractivity contribution in [2.24, 2.45) is 10.7 Å². The SMILES string of the molecule is NC(=NCc1cccc(CN2CCOCC2)c1)Nc1ccccc1OC(F)(F)F. The highest BCUT2D eigenvalue weighted by atomic mass is 19.4. The van der Waals surface area contributed by atoms with Crippen LogP contribution in [0.15, 0.2) is 53.5 Å². The number of hydrogen-bond donors (Lipinski definition) is 2. The van der Waals surface area contributed by atoms with Gasteiger partial charge in [0.2, 0.25) is 0 Å². The van der Waals surface area contributed by atoms with E-state index in [1.807, 2.05) is 18.2 Å². The Balaban J connectivity index is 1.61. The van der Waals surface area contributed by atoms with Crippen LogP contribution < -0.4 is 15.8 Å². The molecular formula is C20H23F3N4O2. The van der Waals surface area contributed by atoms with Gasteiger partial charge in [0.15, 0.2) is 11.7 Å². The fraction of sp³-hybridized carbons (Fsp3) is 0.350. The van der Waals surface area contributed by atoms with Gasteiger partial charge in [0.1, 0.15) is 0 Å². The summed E-state index contributed by atoms with van der Waals surface area (Å²) in [6.45, 7) is 4.42. The molecule has 6 nitrogen and oxygen atoms in total. The lowest BCUT2D eigenvalue weighted by Crippen LogP contribution is -2.35. The van der Waals surface area contributed by atoms with Crippen LogP contribution in [0.25, 0.3) is 0 Å². The van der Waals surface area contributed by atoms with Crippen molar-refractivity contribution in [2.75, 3.05) is 31.6 Å². The third kappa shape index (κ3) is 6.95. The molecule has 0 saturated carbocycles. The molecular weight excluding hydrogens is 385 g/mol. The van der Waals surface area contributed by atoms with E-state index >= 15 is 0 Å². The lowest BCUT2D eigenvalue weighted by atomic mass is 10.1. The first-order chi connectivity index (χ1) is 13.9. The number of aliphatic imine (C=N–C) groups is 1. The molecule has 0 unspecified atom stereocenters. The van der Waals surface area contributed by atoms with Crippen molar-refractivity contribution in [3.8, 4) is 5.75 Å². The molecule has 156 valence electrons. The first kappa shape index (κ1) is 20.9. The van der Waals surface area contributed by atoms with E-state index < -0.39 is 6.36 Å². The summed E-state index contributed by atoms with van der Waals surface area (Å²) in [7, 11) is 0. The van der Waals surface area contributed by atoms with Crippen molar-refractivity contribution in [3.05, 3.63) is 59.7 Å². The van der Waals surface area contributed by atoms with Gasteiger partial charge in [-0.1, -0.05) is 36.4 Å². The van der Waals surface area contributed by atoms with E-state index in [9.17, 15) is 13.2 Å². The number of guanidine groups is 1. The van der Waals surface area contributed by atoms with Crippen LogP contribution in [0.4, 0.5) is 18.9 Å². The van der Waals surface area contributed by atoms with Crippen molar-refractivity contribution in [1.29, 1.82) is 0 Å². The van der Waals surface area contributed by atoms with E-state index in [0.717, 1.165) is 44.0 Å². The molecule has 1 aliphatic heterocycles. The van der Waals surface area contributed by atoms with Gasteiger partial charge >= 0.3 is 6.36 Å². The number of nitrogens with zero attached hydrogens (tertiary/aromatic N) is 2. The molecule has 0 aromatic heterocycles. The minimum Gasteiger partial charge on any atom is -0.404 e. The Kier molecular flexibility index (Phi) is 6.95. The topological polar surface area (TPSA) is 72.1 Å². The highest BCUT2D eigenvalue weighted by molar-refractivity contribution is 5.93. The number of morpholine rings is 1. The third-order valence-electron chi connectivity index (χ3n) is 4.31. The van der Waals surface area contributed by atoms with Gasteiger partial charge in [0.25, 0.3) is 0 Å². The second kappa shape index (κ2) is 9.62. The minimum atomic E-state index is -4.79. The highest BCUT2D eigenvalue weighted by Crippen LogP contribution is 2.29. The van der Waals surface area contributed by atoms with Gasteiger partial charge < -0.3 is 20.5 Å². The number of anilines is 1. The van der Waals surface area contributed by atoms with Crippen LogP contribution in [0.3, 0.4) is 0 Å². The number of rotatable bonds is 6. The summed E-state index contributed by atoms with van der Waals surface area (Å²) >= 11 is 0. The summed E-state index contributed by atoms with van der Waals surface area (Å²) in [5.41, 5.74) is 8.06. The first-order valence-corrected chi connectivity index (χ1v) is 9.19. The quantitative estimate of drug-likeness (QED) is 0.567. The van der Waals surface area contributed by atoms with Crippen LogP contribution in [-0.2, 0) is 17.8 Å². The van der Waals surface area contributed by atoms with Crippen molar-refractivity contribution >= 4 is 11.6 Å². The van der Waals surface area contributed by atoms with Crippen LogP contribution in [-0.4, -0.2) is 43.5 Å². The Labute approximate surface area is 167 Å². The Morgan fingerprint density at radius 2 is 1.83 bits per heavy atom. The molecule has 1 heterocycles. The number of para-hydroxylation sites is 2. The lowest BCUT2D eigenvalue weighted by Gasteiger charge is -2.26. The number of benzene rings is 2. The molecule has 3 rings (SSSR count). The minimum absolute atomic E-state index is 0.00167. The standard InChI is InChI=1S/C20H23F3N4O2/c21-20(22,23)29-18-7-2-1-6-17(18)26-19(24)25-13-15-4-3-5-16(12-15)14-27-8-10-28-11-9-27/h1-7,12H,8-11,13-14H2,(H3,24,25,26). The Bertz CT molecular complexity index is 836. The fourth-order valence-corrected chi connectivity index (χ4v) is 2.98. The van der Waals surface area contributed by atoms with Crippen molar-refractivity contribution in [1.82, 2.24) is 4.90 Å². The number of nitrogens with two attached hydrogens (primary N) is 1. The average molecular weight is 408 g/mol. The maximum absolute atomic E-state index is 12.5. The van der Waals surface area contributed by atoms with Gasteiger partial charge in [-0.25, -0.2) is 4.99 Å². The first-order valence-electron chi connectivity index (χ1n) is 9.19. The van der Waals surface area contributed by atoms with E-state index in [1.165, 1.54) is 18.2 Å². The summed E-state index contributed by atoms with van der Waals surface area (Å²) in [4.78, 5) is 6.55. The van der Waals surface area contributed by atoms with Gasteiger partial charge in [-0.15, -0.1) is 13.2 Å². The molecule has 9 heteroatoms. The Morgan fingerprint density at radius 3 is 2.59 bits per heavy atom. The zero-order valence-electron chi connectivity index (χ0n) is 15.8. The van der Waals surface area contributed by atoms with E-state index in [0.29, 0.717) is 6.54 Å². The molecule has 1 aliphatic rings. The molecule has 0 aliphatic carbocycles. The van der Waals surface area contributed by atoms with Gasteiger partial charge in [-0.3, -0.25) is 4.90 Å². The summed E-state index contributed by atoms with van der Waals surface area (Å²) in [6, 6.07) is 13.6. The Hall–Kier alpha value is -2.78. The van der Waals surface area contributed by atoms with Gasteiger partial charge in [0.05, 0.1) is 25.4 Å². The highest BCUT2D eigenvalue weighted by Gasteiger charge is 2.32. The summed E-state index contributed by atoms with van der Waals surface area (Å²) in [6.07, 6.45) is -4.79. The smallest absolute Gasteiger partial charge is 0.404 e. The van der Waals surface area contributed by atoms with Crippen LogP contribution in [0.1, 0.15) is 11.1 Å². The predicted molar refractivity (Wildman–Crippen MR) is 105 cm³/mol. The largest absolute Gasteiger partial charge is 0.573 e. The third-order valence-corrected chi connectivity index (χ3v) is 4.31. The van der Waals surface area contributed by atoms with Crippen molar-refractivity contribution in [2.45, 2.75) is 19.5 Å². The van der Waals surface area contributed by atoms with Gasteiger partial charge in [0, 0.05) is 19.6 Å². The molecule has 0 amide bonds. The Morgan fingerprint density at radius 1 is 1.10 bits per heavy atom. The number of alkyl halides is 3. The van der Waals surface area contributed by atoms with Crippen LogP contribution >= 0.6 is 0 Å². The average Bonchev–Trinajstić information content (AvgIpc) is 2.68. The summed E-state index contributed by atoms with van der Waals surface area (Å²) in [5, 5.41) is 2.66.